The third kappa shape index (κ3) is 4.07. The van der Waals surface area contributed by atoms with Crippen molar-refractivity contribution in [2.24, 2.45) is 5.92 Å². The molecule has 0 fully saturated rings. The van der Waals surface area contributed by atoms with Crippen LogP contribution < -0.4 is 0 Å². The third-order valence-electron chi connectivity index (χ3n) is 2.67. The van der Waals surface area contributed by atoms with Crippen molar-refractivity contribution in [2.45, 2.75) is 19.8 Å². The zero-order chi connectivity index (χ0) is 13.7. The molecule has 0 saturated heterocycles. The predicted molar refractivity (Wildman–Crippen MR) is 66.3 cm³/mol. The number of nitrogens with zero attached hydrogens (tertiary/aromatic N) is 1. The number of alkyl halides is 1. The van der Waals surface area contributed by atoms with Gasteiger partial charge in [-0.15, -0.1) is 11.6 Å². The van der Waals surface area contributed by atoms with Gasteiger partial charge in [-0.05, 0) is 31.4 Å². The summed E-state index contributed by atoms with van der Waals surface area (Å²) in [6.07, 6.45) is 0.738. The lowest BCUT2D eigenvalue weighted by atomic mass is 9.93. The van der Waals surface area contributed by atoms with Crippen LogP contribution in [0.5, 0.6) is 0 Å². The number of carbonyl (C=O) groups is 1. The van der Waals surface area contributed by atoms with E-state index in [-0.39, 0.29) is 23.8 Å². The molecule has 0 aromatic heterocycles. The van der Waals surface area contributed by atoms with Crippen LogP contribution in [-0.4, -0.2) is 16.6 Å². The molecule has 4 nitrogen and oxygen atoms in total. The van der Waals surface area contributed by atoms with Crippen LogP contribution in [0.2, 0.25) is 0 Å². The van der Waals surface area contributed by atoms with Crippen molar-refractivity contribution in [1.29, 1.82) is 0 Å². The largest absolute Gasteiger partial charge is 0.300 e. The van der Waals surface area contributed by atoms with E-state index in [1.54, 1.807) is 0 Å². The van der Waals surface area contributed by atoms with E-state index < -0.39 is 10.7 Å². The van der Waals surface area contributed by atoms with Gasteiger partial charge in [-0.1, -0.05) is 0 Å². The monoisotopic (exact) mass is 273 g/mol. The zero-order valence-electron chi connectivity index (χ0n) is 9.86. The molecule has 1 aromatic carbocycles. The Bertz CT molecular complexity index is 465. The first-order chi connectivity index (χ1) is 8.43. The van der Waals surface area contributed by atoms with E-state index in [1.165, 1.54) is 19.1 Å². The van der Waals surface area contributed by atoms with Crippen molar-refractivity contribution >= 4 is 23.1 Å². The van der Waals surface area contributed by atoms with Gasteiger partial charge in [-0.3, -0.25) is 14.9 Å². The highest BCUT2D eigenvalue weighted by Crippen LogP contribution is 2.20. The average molecular weight is 274 g/mol. The molecule has 0 radical (unpaired) electrons. The van der Waals surface area contributed by atoms with Gasteiger partial charge in [-0.25, -0.2) is 4.39 Å². The van der Waals surface area contributed by atoms with Crippen LogP contribution in [-0.2, 0) is 11.2 Å². The second-order valence-corrected chi connectivity index (χ2v) is 4.44. The molecule has 1 atom stereocenters. The first-order valence-electron chi connectivity index (χ1n) is 5.44. The normalized spacial score (nSPS) is 12.2. The number of rotatable bonds is 6. The van der Waals surface area contributed by atoms with Crippen LogP contribution in [0.1, 0.15) is 18.9 Å². The molecule has 98 valence electrons. The fourth-order valence-corrected chi connectivity index (χ4v) is 1.99. The van der Waals surface area contributed by atoms with Crippen LogP contribution in [0.15, 0.2) is 18.2 Å². The maximum Gasteiger partial charge on any atom is 0.272 e. The summed E-state index contributed by atoms with van der Waals surface area (Å²) in [5, 5.41) is 10.6. The summed E-state index contributed by atoms with van der Waals surface area (Å²) in [6.45, 7) is 1.44. The second kappa shape index (κ2) is 6.44. The lowest BCUT2D eigenvalue weighted by Gasteiger charge is -2.12. The number of carbonyl (C=O) groups excluding carboxylic acids is 1. The van der Waals surface area contributed by atoms with Gasteiger partial charge in [0.15, 0.2) is 0 Å². The van der Waals surface area contributed by atoms with E-state index >= 15 is 0 Å². The summed E-state index contributed by atoms with van der Waals surface area (Å²) in [5.74, 6) is -0.736. The Kier molecular flexibility index (Phi) is 5.22. The number of Topliss-reactive ketones (excluding diaryl/α,β-unsaturated/α-hetero) is 1. The molecule has 0 amide bonds. The zero-order valence-corrected chi connectivity index (χ0v) is 10.6. The van der Waals surface area contributed by atoms with Crippen LogP contribution in [0.4, 0.5) is 10.1 Å². The summed E-state index contributed by atoms with van der Waals surface area (Å²) >= 11 is 5.59. The second-order valence-electron chi connectivity index (χ2n) is 4.06. The first-order valence-corrected chi connectivity index (χ1v) is 5.97. The highest BCUT2D eigenvalue weighted by atomic mass is 35.5. The van der Waals surface area contributed by atoms with Crippen molar-refractivity contribution in [3.05, 3.63) is 39.7 Å². The molecule has 6 heteroatoms. The van der Waals surface area contributed by atoms with Gasteiger partial charge in [0.25, 0.3) is 5.69 Å². The van der Waals surface area contributed by atoms with Crippen molar-refractivity contribution in [1.82, 2.24) is 0 Å². The summed E-state index contributed by atoms with van der Waals surface area (Å²) < 4.78 is 13.2. The average Bonchev–Trinajstić information content (AvgIpc) is 2.27. The van der Waals surface area contributed by atoms with Crippen LogP contribution in [0.25, 0.3) is 0 Å². The van der Waals surface area contributed by atoms with Gasteiger partial charge >= 0.3 is 0 Å². The van der Waals surface area contributed by atoms with Crippen molar-refractivity contribution in [3.8, 4) is 0 Å². The van der Waals surface area contributed by atoms with E-state index in [9.17, 15) is 19.3 Å². The number of hydrogen-bond acceptors (Lipinski definition) is 3. The Morgan fingerprint density at radius 3 is 2.67 bits per heavy atom. The molecule has 0 heterocycles. The molecule has 0 aliphatic carbocycles. The Morgan fingerprint density at radius 2 is 2.17 bits per heavy atom. The molecule has 0 saturated carbocycles. The predicted octanol–water partition coefficient (Wildman–Crippen LogP) is 3.11. The van der Waals surface area contributed by atoms with E-state index in [1.807, 2.05) is 0 Å². The lowest BCUT2D eigenvalue weighted by molar-refractivity contribution is -0.385. The quantitative estimate of drug-likeness (QED) is 0.454. The molecule has 0 spiro atoms. The van der Waals surface area contributed by atoms with Crippen LogP contribution in [0.3, 0.4) is 0 Å². The summed E-state index contributed by atoms with van der Waals surface area (Å²) in [4.78, 5) is 21.3. The van der Waals surface area contributed by atoms with Gasteiger partial charge < -0.3 is 0 Å². The smallest absolute Gasteiger partial charge is 0.272 e. The van der Waals surface area contributed by atoms with Crippen LogP contribution >= 0.6 is 11.6 Å². The molecule has 18 heavy (non-hydrogen) atoms. The van der Waals surface area contributed by atoms with Gasteiger partial charge in [0.05, 0.1) is 11.0 Å². The summed E-state index contributed by atoms with van der Waals surface area (Å²) in [6, 6.07) is 3.35. The molecule has 1 rings (SSSR count). The molecule has 1 aromatic rings. The minimum Gasteiger partial charge on any atom is -0.300 e. The van der Waals surface area contributed by atoms with Crippen molar-refractivity contribution < 1.29 is 14.1 Å². The number of benzene rings is 1. The fourth-order valence-electron chi connectivity index (χ4n) is 1.72. The maximum atomic E-state index is 13.2. The molecule has 0 bridgehead atoms. The minimum atomic E-state index is -0.674. The molecule has 1 unspecified atom stereocenters. The Balaban J connectivity index is 2.95. The van der Waals surface area contributed by atoms with Gasteiger partial charge in [0.2, 0.25) is 0 Å². The van der Waals surface area contributed by atoms with E-state index in [0.717, 1.165) is 6.07 Å². The number of hydrogen-bond donors (Lipinski definition) is 0. The number of halogens is 2. The molecular weight excluding hydrogens is 261 g/mol. The Labute approximate surface area is 109 Å². The molecular formula is C12H13ClFNO3. The highest BCUT2D eigenvalue weighted by molar-refractivity contribution is 6.18. The minimum absolute atomic E-state index is 0.0532. The number of non-ortho nitro benzene ring substituents is 1. The van der Waals surface area contributed by atoms with Gasteiger partial charge in [0, 0.05) is 17.9 Å². The Morgan fingerprint density at radius 1 is 1.50 bits per heavy atom. The lowest BCUT2D eigenvalue weighted by Crippen LogP contribution is -2.15. The summed E-state index contributed by atoms with van der Waals surface area (Å²) in [5.41, 5.74) is 0.130. The van der Waals surface area contributed by atoms with Crippen LogP contribution in [0, 0.1) is 21.8 Å². The first kappa shape index (κ1) is 14.6. The molecule has 0 aliphatic heterocycles. The Hall–Kier alpha value is -1.49. The van der Waals surface area contributed by atoms with Crippen molar-refractivity contribution in [3.63, 3.8) is 0 Å². The topological polar surface area (TPSA) is 60.2 Å². The summed E-state index contributed by atoms with van der Waals surface area (Å²) in [7, 11) is 0. The third-order valence-corrected chi connectivity index (χ3v) is 2.89. The number of ketones is 1. The van der Waals surface area contributed by atoms with Gasteiger partial charge in [-0.2, -0.15) is 0 Å². The number of nitro groups is 1. The standard InChI is InChI=1S/C12H13ClFNO3/c1-8(16)10(2-3-13)4-9-5-11(14)7-12(6-9)15(17)18/h5-7,10H,2-4H2,1H3. The van der Waals surface area contributed by atoms with E-state index in [2.05, 4.69) is 0 Å². The molecule has 0 aliphatic rings. The maximum absolute atomic E-state index is 13.2. The highest BCUT2D eigenvalue weighted by Gasteiger charge is 2.17. The van der Waals surface area contributed by atoms with E-state index in [4.69, 9.17) is 11.6 Å². The van der Waals surface area contributed by atoms with E-state index in [0.29, 0.717) is 17.9 Å². The van der Waals surface area contributed by atoms with Crippen molar-refractivity contribution in [2.75, 3.05) is 5.88 Å². The SMILES string of the molecule is CC(=O)C(CCCl)Cc1cc(F)cc([N+](=O)[O-])c1. The fraction of sp³-hybridized carbons (Fsp3) is 0.417. The molecule has 0 N–H and O–H groups in total. The number of nitro benzene ring substituents is 1. The van der Waals surface area contributed by atoms with Gasteiger partial charge in [0.1, 0.15) is 11.6 Å².